The number of aliphatic hydroxyl groups excluding tert-OH is 1. The number of benzene rings is 2. The lowest BCUT2D eigenvalue weighted by Crippen LogP contribution is -2.54. The summed E-state index contributed by atoms with van der Waals surface area (Å²) in [6.07, 6.45) is 0.510. The molecule has 3 aromatic rings. The number of nitrogens with zero attached hydrogens (tertiary/aromatic N) is 5. The van der Waals surface area contributed by atoms with E-state index in [1.165, 1.54) is 29.8 Å². The zero-order valence-corrected chi connectivity index (χ0v) is 30.7. The summed E-state index contributed by atoms with van der Waals surface area (Å²) >= 11 is 1.54. The van der Waals surface area contributed by atoms with Gasteiger partial charge in [0.25, 0.3) is 0 Å². The van der Waals surface area contributed by atoms with E-state index < -0.39 is 27.7 Å². The second kappa shape index (κ2) is 16.7. The summed E-state index contributed by atoms with van der Waals surface area (Å²) in [6.45, 7) is 10.8. The fourth-order valence-electron chi connectivity index (χ4n) is 5.87. The standard InChI is InChI=1S/C35H48N6O6S2/c1-25(2)21-40(49(45,46)30-14-12-28(13-15-30)20-36-47-6)23-32(42)31(18-27-10-8-7-9-11-27)38-33(43)19-35(4,5)41-17-16-39(34(41)44)22-29-24-48-26(3)37-29/h7-15,20,24-25,31-32,42H,16-19,21-23H2,1-6H3,(H,38,43)/t31-,32-/m0/s1. The summed E-state index contributed by atoms with van der Waals surface area (Å²) < 4.78 is 29.0. The minimum absolute atomic E-state index is 0.00682. The Kier molecular flexibility index (Phi) is 12.9. The maximum Gasteiger partial charge on any atom is 0.320 e. The number of amides is 3. The molecule has 1 fully saturated rings. The quantitative estimate of drug-likeness (QED) is 0.157. The summed E-state index contributed by atoms with van der Waals surface area (Å²) in [5.41, 5.74) is 1.57. The van der Waals surface area contributed by atoms with Crippen molar-refractivity contribution in [2.75, 3.05) is 33.3 Å². The summed E-state index contributed by atoms with van der Waals surface area (Å²) in [7, 11) is -2.58. The Bertz CT molecular complexity index is 1680. The van der Waals surface area contributed by atoms with E-state index in [2.05, 4.69) is 15.5 Å². The Balaban J connectivity index is 1.49. The molecular formula is C35H48N6O6S2. The van der Waals surface area contributed by atoms with Crippen molar-refractivity contribution in [3.63, 3.8) is 0 Å². The van der Waals surface area contributed by atoms with Gasteiger partial charge >= 0.3 is 6.03 Å². The first-order valence-corrected chi connectivity index (χ1v) is 18.7. The third-order valence-electron chi connectivity index (χ3n) is 8.33. The molecule has 0 aliphatic carbocycles. The number of hydrogen-bond donors (Lipinski definition) is 2. The van der Waals surface area contributed by atoms with Crippen molar-refractivity contribution in [3.8, 4) is 0 Å². The van der Waals surface area contributed by atoms with E-state index in [4.69, 9.17) is 4.84 Å². The zero-order valence-electron chi connectivity index (χ0n) is 29.1. The monoisotopic (exact) mass is 712 g/mol. The number of sulfonamides is 1. The molecule has 49 heavy (non-hydrogen) atoms. The highest BCUT2D eigenvalue weighted by Gasteiger charge is 2.40. The molecule has 1 aliphatic heterocycles. The lowest BCUT2D eigenvalue weighted by Gasteiger charge is -2.36. The first-order valence-electron chi connectivity index (χ1n) is 16.3. The van der Waals surface area contributed by atoms with Gasteiger partial charge in [-0.05, 0) is 56.4 Å². The highest BCUT2D eigenvalue weighted by atomic mass is 32.2. The van der Waals surface area contributed by atoms with E-state index in [0.29, 0.717) is 25.2 Å². The minimum Gasteiger partial charge on any atom is -0.399 e. The SMILES string of the molecule is CON=Cc1ccc(S(=O)(=O)N(CC(C)C)C[C@H](O)[C@H](Cc2ccccc2)NC(=O)CC(C)(C)N2CCN(Cc3csc(C)n3)C2=O)cc1. The number of thiazole rings is 1. The van der Waals surface area contributed by atoms with Crippen LogP contribution >= 0.6 is 11.3 Å². The van der Waals surface area contributed by atoms with Gasteiger partial charge in [-0.3, -0.25) is 4.79 Å². The largest absolute Gasteiger partial charge is 0.399 e. The maximum absolute atomic E-state index is 13.9. The van der Waals surface area contributed by atoms with E-state index in [9.17, 15) is 23.1 Å². The van der Waals surface area contributed by atoms with Crippen molar-refractivity contribution in [1.29, 1.82) is 0 Å². The normalized spacial score (nSPS) is 15.4. The van der Waals surface area contributed by atoms with Gasteiger partial charge in [0.15, 0.2) is 0 Å². The fourth-order valence-corrected chi connectivity index (χ4v) is 8.09. The Labute approximate surface area is 293 Å². The van der Waals surface area contributed by atoms with Crippen LogP contribution < -0.4 is 5.32 Å². The van der Waals surface area contributed by atoms with Crippen LogP contribution in [-0.4, -0.2) is 102 Å². The zero-order chi connectivity index (χ0) is 35.8. The molecule has 1 aromatic heterocycles. The van der Waals surface area contributed by atoms with Crippen molar-refractivity contribution in [2.24, 2.45) is 11.1 Å². The topological polar surface area (TPSA) is 145 Å². The van der Waals surface area contributed by atoms with Crippen LogP contribution in [0, 0.1) is 12.8 Å². The predicted octanol–water partition coefficient (Wildman–Crippen LogP) is 4.27. The number of aliphatic hydroxyl groups is 1. The molecule has 2 atom stereocenters. The summed E-state index contributed by atoms with van der Waals surface area (Å²) in [5.74, 6) is -0.381. The number of carbonyl (C=O) groups is 2. The van der Waals surface area contributed by atoms with Gasteiger partial charge in [0.1, 0.15) is 7.11 Å². The van der Waals surface area contributed by atoms with Gasteiger partial charge in [-0.15, -0.1) is 11.3 Å². The highest BCUT2D eigenvalue weighted by Crippen LogP contribution is 2.26. The van der Waals surface area contributed by atoms with E-state index in [0.717, 1.165) is 16.3 Å². The predicted molar refractivity (Wildman–Crippen MR) is 191 cm³/mol. The van der Waals surface area contributed by atoms with Gasteiger partial charge in [0, 0.05) is 43.5 Å². The van der Waals surface area contributed by atoms with Crippen LogP contribution in [0.2, 0.25) is 0 Å². The van der Waals surface area contributed by atoms with Crippen LogP contribution in [0.3, 0.4) is 0 Å². The first-order chi connectivity index (χ1) is 23.2. The molecule has 0 unspecified atom stereocenters. The molecule has 1 saturated heterocycles. The number of nitrogens with one attached hydrogen (secondary N) is 1. The van der Waals surface area contributed by atoms with Crippen LogP contribution in [0.5, 0.6) is 0 Å². The van der Waals surface area contributed by atoms with Gasteiger partial charge in [-0.1, -0.05) is 61.5 Å². The number of rotatable bonds is 17. The van der Waals surface area contributed by atoms with Gasteiger partial charge in [0.2, 0.25) is 15.9 Å². The van der Waals surface area contributed by atoms with Crippen molar-refractivity contribution in [2.45, 2.75) is 76.6 Å². The molecule has 2 N–H and O–H groups in total. The second-order valence-corrected chi connectivity index (χ2v) is 16.3. The van der Waals surface area contributed by atoms with Gasteiger partial charge < -0.3 is 25.1 Å². The molecule has 2 heterocycles. The van der Waals surface area contributed by atoms with E-state index in [1.807, 2.05) is 70.3 Å². The number of aromatic nitrogens is 1. The molecule has 3 amide bonds. The minimum atomic E-state index is -4.00. The van der Waals surface area contributed by atoms with Gasteiger partial charge in [-0.2, -0.15) is 4.31 Å². The third-order valence-corrected chi connectivity index (χ3v) is 11.0. The molecule has 0 spiro atoms. The van der Waals surface area contributed by atoms with Crippen LogP contribution in [-0.2, 0) is 32.6 Å². The molecule has 0 saturated carbocycles. The van der Waals surface area contributed by atoms with E-state index in [1.54, 1.807) is 33.3 Å². The number of oxime groups is 1. The number of urea groups is 1. The molecule has 0 radical (unpaired) electrons. The summed E-state index contributed by atoms with van der Waals surface area (Å²) in [4.78, 5) is 39.7. The lowest BCUT2D eigenvalue weighted by atomic mass is 9.96. The Morgan fingerprint density at radius 2 is 1.84 bits per heavy atom. The van der Waals surface area contributed by atoms with Crippen LogP contribution in [0.15, 0.2) is 70.0 Å². The summed E-state index contributed by atoms with van der Waals surface area (Å²) in [5, 5.41) is 21.3. The fraction of sp³-hybridized carbons (Fsp3) is 0.486. The highest BCUT2D eigenvalue weighted by molar-refractivity contribution is 7.89. The Morgan fingerprint density at radius 1 is 1.14 bits per heavy atom. The van der Waals surface area contributed by atoms with Crippen LogP contribution in [0.25, 0.3) is 0 Å². The smallest absolute Gasteiger partial charge is 0.320 e. The van der Waals surface area contributed by atoms with Crippen molar-refractivity contribution >= 4 is 39.5 Å². The molecule has 14 heteroatoms. The molecule has 12 nitrogen and oxygen atoms in total. The molecule has 0 bridgehead atoms. The molecule has 2 aromatic carbocycles. The molecular weight excluding hydrogens is 665 g/mol. The molecule has 266 valence electrons. The van der Waals surface area contributed by atoms with Crippen LogP contribution in [0.4, 0.5) is 4.79 Å². The van der Waals surface area contributed by atoms with Crippen molar-refractivity contribution in [3.05, 3.63) is 81.8 Å². The number of carbonyl (C=O) groups excluding carboxylic acids is 2. The van der Waals surface area contributed by atoms with Crippen molar-refractivity contribution < 1.29 is 28.0 Å². The first kappa shape index (κ1) is 38.0. The number of aryl methyl sites for hydroxylation is 1. The second-order valence-electron chi connectivity index (χ2n) is 13.3. The van der Waals surface area contributed by atoms with Gasteiger partial charge in [-0.25, -0.2) is 18.2 Å². The number of hydrogen-bond acceptors (Lipinski definition) is 9. The maximum atomic E-state index is 13.9. The Hall–Kier alpha value is -3.85. The van der Waals surface area contributed by atoms with Crippen LogP contribution in [0.1, 0.15) is 55.9 Å². The lowest BCUT2D eigenvalue weighted by molar-refractivity contribution is -0.124. The van der Waals surface area contributed by atoms with Crippen molar-refractivity contribution in [1.82, 2.24) is 24.4 Å². The molecule has 4 rings (SSSR count). The summed E-state index contributed by atoms with van der Waals surface area (Å²) in [6, 6.07) is 14.7. The average Bonchev–Trinajstić information content (AvgIpc) is 3.64. The molecule has 1 aliphatic rings. The van der Waals surface area contributed by atoms with Gasteiger partial charge in [0.05, 0.1) is 40.5 Å². The Morgan fingerprint density at radius 3 is 2.45 bits per heavy atom. The third kappa shape index (κ3) is 10.3. The average molecular weight is 713 g/mol. The van der Waals surface area contributed by atoms with E-state index >= 15 is 0 Å². The van der Waals surface area contributed by atoms with E-state index in [-0.39, 0.29) is 48.7 Å².